The van der Waals surface area contributed by atoms with Gasteiger partial charge in [0.15, 0.2) is 52.7 Å². The zero-order valence-corrected chi connectivity index (χ0v) is 42.5. The van der Waals surface area contributed by atoms with Gasteiger partial charge in [-0.2, -0.15) is 57.1 Å². The summed E-state index contributed by atoms with van der Waals surface area (Å²) in [5.74, 6) is -5.08. The Morgan fingerprint density at radius 3 is 1.51 bits per heavy atom. The van der Waals surface area contributed by atoms with Gasteiger partial charge in [0.25, 0.3) is 11.8 Å². The van der Waals surface area contributed by atoms with Crippen molar-refractivity contribution in [2.45, 2.75) is 76.8 Å². The van der Waals surface area contributed by atoms with E-state index in [0.717, 1.165) is 67.4 Å². The van der Waals surface area contributed by atoms with Crippen molar-refractivity contribution in [1.82, 2.24) is 73.7 Å². The van der Waals surface area contributed by atoms with E-state index in [1.807, 2.05) is 0 Å². The number of hydrogen-bond donors (Lipinski definition) is 0. The van der Waals surface area contributed by atoms with E-state index in [0.29, 0.717) is 22.7 Å². The number of fused-ring (bicyclic) bond motifs is 3. The first-order valence-corrected chi connectivity index (χ1v) is 22.9. The summed E-state index contributed by atoms with van der Waals surface area (Å²) in [6.45, 7) is 2.03. The highest BCUT2D eigenvalue weighted by molar-refractivity contribution is 5.61. The van der Waals surface area contributed by atoms with Crippen LogP contribution >= 0.6 is 0 Å². The highest BCUT2D eigenvalue weighted by atomic mass is 19.4. The summed E-state index contributed by atoms with van der Waals surface area (Å²) in [6, 6.07) is 4.44. The Hall–Kier alpha value is -8.67. The monoisotopic (exact) mass is 1180 g/mol. The van der Waals surface area contributed by atoms with Crippen LogP contribution in [0.5, 0.6) is 17.6 Å². The molecule has 0 fully saturated rings. The second kappa shape index (κ2) is 23.8. The molecule has 0 bridgehead atoms. The molecule has 9 aromatic rings. The quantitative estimate of drug-likeness (QED) is 0.0821. The molecule has 82 heavy (non-hydrogen) atoms. The largest absolute Gasteiger partial charge is 0.466 e. The van der Waals surface area contributed by atoms with Gasteiger partial charge in [0.2, 0.25) is 17.5 Å². The molecule has 0 aliphatic heterocycles. The average molecular weight is 1180 g/mol. The lowest BCUT2D eigenvalue weighted by Crippen LogP contribution is -2.45. The molecule has 0 aliphatic rings. The van der Waals surface area contributed by atoms with Gasteiger partial charge in [-0.3, -0.25) is 28.2 Å². The lowest BCUT2D eigenvalue weighted by molar-refractivity contribution is -0.251. The first-order valence-electron chi connectivity index (χ1n) is 22.9. The number of alkyl halides is 13. The van der Waals surface area contributed by atoms with Gasteiger partial charge < -0.3 is 28.4 Å². The van der Waals surface area contributed by atoms with E-state index in [2.05, 4.69) is 74.7 Å². The fourth-order valence-electron chi connectivity index (χ4n) is 6.47. The number of methoxy groups -OCH3 is 2. The van der Waals surface area contributed by atoms with Gasteiger partial charge in [0.05, 0.1) is 42.3 Å². The number of rotatable bonds is 16. The van der Waals surface area contributed by atoms with E-state index in [1.54, 1.807) is 10.6 Å². The Bertz CT molecular complexity index is 3650. The fraction of sp³-hybridized carbons (Fsp3) is 0.348. The molecule has 438 valence electrons. The molecule has 0 spiro atoms. The van der Waals surface area contributed by atoms with Gasteiger partial charge in [0.1, 0.15) is 6.61 Å². The summed E-state index contributed by atoms with van der Waals surface area (Å²) in [4.78, 5) is 23.1. The van der Waals surface area contributed by atoms with Crippen molar-refractivity contribution in [3.63, 3.8) is 0 Å². The fourth-order valence-corrected chi connectivity index (χ4v) is 6.47. The highest BCUT2D eigenvalue weighted by Gasteiger charge is 2.50. The van der Waals surface area contributed by atoms with Crippen molar-refractivity contribution in [2.75, 3.05) is 27.4 Å². The molecule has 1 atom stereocenters. The molecule has 9 rings (SSSR count). The van der Waals surface area contributed by atoms with E-state index in [-0.39, 0.29) is 52.9 Å². The number of aromatic nitrogens is 15. The van der Waals surface area contributed by atoms with E-state index in [1.165, 1.54) is 57.2 Å². The Morgan fingerprint density at radius 2 is 1.05 bits per heavy atom. The molecule has 0 amide bonds. The Balaban J connectivity index is 0.000000177. The van der Waals surface area contributed by atoms with Crippen LogP contribution < -0.4 is 14.2 Å². The van der Waals surface area contributed by atoms with Gasteiger partial charge in [-0.15, -0.1) is 30.6 Å². The van der Waals surface area contributed by atoms with E-state index in [9.17, 15) is 65.9 Å². The summed E-state index contributed by atoms with van der Waals surface area (Å²) in [5.41, 5.74) is -0.899. The summed E-state index contributed by atoms with van der Waals surface area (Å²) < 4.78 is 227. The average Bonchev–Trinajstić information content (AvgIpc) is 4.32. The van der Waals surface area contributed by atoms with Crippen molar-refractivity contribution < 1.29 is 94.3 Å². The minimum absolute atomic E-state index is 0.00498. The molecule has 0 radical (unpaired) electrons. The van der Waals surface area contributed by atoms with Gasteiger partial charge >= 0.3 is 30.7 Å². The molecule has 0 unspecified atom stereocenters. The Kier molecular flexibility index (Phi) is 17.7. The summed E-state index contributed by atoms with van der Waals surface area (Å²) in [6.07, 6.45) is -12.2. The topological polar surface area (TPSA) is 223 Å². The molecule has 0 aliphatic carbocycles. The van der Waals surface area contributed by atoms with Gasteiger partial charge in [-0.05, 0) is 45.9 Å². The van der Waals surface area contributed by atoms with Crippen molar-refractivity contribution >= 4 is 16.9 Å². The first-order chi connectivity index (χ1) is 38.3. The van der Waals surface area contributed by atoms with E-state index in [4.69, 9.17) is 14.2 Å². The third kappa shape index (κ3) is 14.3. The zero-order chi connectivity index (χ0) is 60.2. The molecule has 0 saturated carbocycles. The summed E-state index contributed by atoms with van der Waals surface area (Å²) in [5, 5.41) is 21.8. The molecule has 0 aromatic carbocycles. The second-order valence-electron chi connectivity index (χ2n) is 17.0. The number of halogens is 15. The molecule has 0 N–H and O–H groups in total. The van der Waals surface area contributed by atoms with Crippen LogP contribution in [0.2, 0.25) is 0 Å². The number of ether oxygens (including phenoxy) is 6. The van der Waals surface area contributed by atoms with Crippen molar-refractivity contribution in [1.29, 1.82) is 0 Å². The minimum atomic E-state index is -4.68. The van der Waals surface area contributed by atoms with Gasteiger partial charge in [-0.25, -0.2) is 23.7 Å². The SMILES string of the molecule is CCOC(F)(F)c1nnc2cnc(-c3cnc(OCC(F)(F)F)c(F)c3)cn12.COC(F)(F)c1nnc2cnc(-c3ccc(O[C@@H](C)C(F)(F)F)nc3)cn12.COCc1nnc2cnc(-c3cnc(OC(C)(C)C(F)(F)F)c(F)c3)cn12. The van der Waals surface area contributed by atoms with Crippen LogP contribution in [-0.4, -0.2) is 131 Å². The predicted octanol–water partition coefficient (Wildman–Crippen LogP) is 9.76. The van der Waals surface area contributed by atoms with Crippen LogP contribution in [0, 0.1) is 11.6 Å². The minimum Gasteiger partial charge on any atom is -0.466 e. The Morgan fingerprint density at radius 1 is 0.561 bits per heavy atom. The number of nitrogens with zero attached hydrogens (tertiary/aromatic N) is 15. The first kappa shape index (κ1) is 61.0. The maximum atomic E-state index is 14.3. The van der Waals surface area contributed by atoms with Crippen molar-refractivity contribution in [2.24, 2.45) is 0 Å². The second-order valence-corrected chi connectivity index (χ2v) is 17.0. The van der Waals surface area contributed by atoms with Crippen LogP contribution in [0.15, 0.2) is 80.0 Å². The molecular formula is C46H38F15N15O6. The van der Waals surface area contributed by atoms with Crippen molar-refractivity contribution in [3.8, 4) is 51.4 Å². The van der Waals surface area contributed by atoms with E-state index < -0.39 is 84.1 Å². The van der Waals surface area contributed by atoms with E-state index >= 15 is 0 Å². The van der Waals surface area contributed by atoms with Crippen LogP contribution in [0.1, 0.15) is 45.2 Å². The van der Waals surface area contributed by atoms with Gasteiger partial charge in [-0.1, -0.05) is 0 Å². The van der Waals surface area contributed by atoms with Crippen LogP contribution in [0.4, 0.5) is 65.9 Å². The molecule has 9 aromatic heterocycles. The lowest BCUT2D eigenvalue weighted by Gasteiger charge is -2.28. The molecule has 0 saturated heterocycles. The standard InChI is InChI=1S/C16H15F4N5O2.C15H11F6N5O2.C15H12F5N5O2/c1-15(2,16(18,19)20)27-14-10(17)4-9(5-22-14)11-7-25-12(6-21-11)23-24-13(25)8-26-3;1-2-28-15(20,21)13-25-24-11-5-22-10(6-26(11)13)8-3-9(16)12(23-4-8)27-7-14(17,18)19;1-8(14(16,17)18)27-12-4-3-9(5-22-12)10-7-25-11(6-21-10)23-24-13(25)15(19,20)26-2/h4-7H,8H2,1-3H3;3-6H,2,7H2,1H3;3-8H,1-2H3/t;;8-/m..0/s1. The lowest BCUT2D eigenvalue weighted by atomic mass is 10.1. The molecule has 9 heterocycles. The molecular weight excluding hydrogens is 1140 g/mol. The third-order valence-electron chi connectivity index (χ3n) is 10.7. The molecule has 21 nitrogen and oxygen atoms in total. The number of hydrogen-bond acceptors (Lipinski definition) is 18. The van der Waals surface area contributed by atoms with Crippen LogP contribution in [0.3, 0.4) is 0 Å². The maximum Gasteiger partial charge on any atom is 0.427 e. The normalized spacial score (nSPS) is 12.9. The van der Waals surface area contributed by atoms with Crippen LogP contribution in [0.25, 0.3) is 50.7 Å². The van der Waals surface area contributed by atoms with Crippen LogP contribution in [-0.2, 0) is 33.0 Å². The maximum absolute atomic E-state index is 14.3. The molecule has 36 heteroatoms. The van der Waals surface area contributed by atoms with Crippen molar-refractivity contribution in [3.05, 3.63) is 109 Å². The smallest absolute Gasteiger partial charge is 0.427 e. The summed E-state index contributed by atoms with van der Waals surface area (Å²) in [7, 11) is 2.33. The zero-order valence-electron chi connectivity index (χ0n) is 42.5. The number of pyridine rings is 3. The Labute approximate surface area is 449 Å². The third-order valence-corrected chi connectivity index (χ3v) is 10.7. The summed E-state index contributed by atoms with van der Waals surface area (Å²) >= 11 is 0. The van der Waals surface area contributed by atoms with Gasteiger partial charge in [0, 0.05) is 74.2 Å². The highest BCUT2D eigenvalue weighted by Crippen LogP contribution is 2.36. The predicted molar refractivity (Wildman–Crippen MR) is 248 cm³/mol.